The Morgan fingerprint density at radius 1 is 1.48 bits per heavy atom. The molecule has 0 spiro atoms. The molecule has 0 unspecified atom stereocenters. The van der Waals surface area contributed by atoms with Gasteiger partial charge < -0.3 is 0 Å². The highest BCUT2D eigenvalue weighted by Crippen LogP contribution is 2.27. The number of amides is 1. The van der Waals surface area contributed by atoms with Gasteiger partial charge >= 0.3 is 5.88 Å². The molecule has 3 rings (SSSR count). The molecule has 0 saturated heterocycles. The van der Waals surface area contributed by atoms with Crippen LogP contribution in [-0.2, 0) is 17.6 Å². The molecule has 1 N–H and O–H groups in total. The third-order valence-electron chi connectivity index (χ3n) is 3.85. The van der Waals surface area contributed by atoms with E-state index < -0.39 is 0 Å². The normalized spacial score (nSPS) is 13.0. The van der Waals surface area contributed by atoms with Gasteiger partial charge in [0.1, 0.15) is 11.1 Å². The van der Waals surface area contributed by atoms with Crippen LogP contribution in [0.5, 0.6) is 0 Å². The molecule has 0 aromatic carbocycles. The van der Waals surface area contributed by atoms with E-state index in [9.17, 15) is 10.1 Å². The molecule has 2 aromatic heterocycles. The topological polar surface area (TPSA) is 98.9 Å². The average Bonchev–Trinajstić information content (AvgIpc) is 3.07. The van der Waals surface area contributed by atoms with E-state index in [-0.39, 0.29) is 17.5 Å². The zero-order valence-corrected chi connectivity index (χ0v) is 15.0. The summed E-state index contributed by atoms with van der Waals surface area (Å²) in [6, 6.07) is 4.10. The van der Waals surface area contributed by atoms with E-state index in [1.54, 1.807) is 25.3 Å². The standard InChI is InChI=1S/C16H18N6O2S/c1-21(2)22-9-15(24-20-22)19-14(23)10-25-16-12(8-17)7-11-5-3-4-6-13(11)18-16/h7,9H,3-6,10H2,1-2H3/p+1. The van der Waals surface area contributed by atoms with Gasteiger partial charge in [0.25, 0.3) is 6.20 Å². The molecule has 0 bridgehead atoms. The van der Waals surface area contributed by atoms with Crippen LogP contribution < -0.4 is 15.1 Å². The number of pyridine rings is 1. The van der Waals surface area contributed by atoms with Crippen LogP contribution in [-0.4, -0.2) is 36.0 Å². The van der Waals surface area contributed by atoms with Crippen molar-refractivity contribution in [2.75, 3.05) is 30.2 Å². The van der Waals surface area contributed by atoms with Crippen LogP contribution in [0, 0.1) is 11.3 Å². The molecular formula is C16H19N6O2S+. The van der Waals surface area contributed by atoms with Gasteiger partial charge in [-0.15, -0.1) is 0 Å². The van der Waals surface area contributed by atoms with Crippen LogP contribution in [0.15, 0.2) is 21.8 Å². The van der Waals surface area contributed by atoms with Crippen molar-refractivity contribution in [3.8, 4) is 6.07 Å². The molecular weight excluding hydrogens is 340 g/mol. The van der Waals surface area contributed by atoms with E-state index >= 15 is 0 Å². The van der Waals surface area contributed by atoms with Crippen molar-refractivity contribution >= 4 is 23.6 Å². The van der Waals surface area contributed by atoms with Crippen molar-refractivity contribution in [1.29, 1.82) is 5.26 Å². The maximum Gasteiger partial charge on any atom is 0.305 e. The molecule has 0 fully saturated rings. The van der Waals surface area contributed by atoms with Crippen LogP contribution in [0.25, 0.3) is 0 Å². The highest BCUT2D eigenvalue weighted by atomic mass is 32.2. The highest BCUT2D eigenvalue weighted by Gasteiger charge is 2.18. The molecule has 9 heteroatoms. The first kappa shape index (κ1) is 17.2. The number of thioether (sulfide) groups is 1. The molecule has 2 aromatic rings. The minimum absolute atomic E-state index is 0.142. The Morgan fingerprint density at radius 3 is 3.00 bits per heavy atom. The number of rotatable bonds is 5. The van der Waals surface area contributed by atoms with Crippen molar-refractivity contribution in [2.24, 2.45) is 0 Å². The van der Waals surface area contributed by atoms with Gasteiger partial charge in [-0.05, 0) is 37.3 Å². The average molecular weight is 359 g/mol. The molecule has 0 radical (unpaired) electrons. The fourth-order valence-corrected chi connectivity index (χ4v) is 3.37. The van der Waals surface area contributed by atoms with Crippen molar-refractivity contribution in [3.63, 3.8) is 0 Å². The summed E-state index contributed by atoms with van der Waals surface area (Å²) in [5, 5.41) is 18.0. The van der Waals surface area contributed by atoms with Crippen molar-refractivity contribution in [1.82, 2.24) is 10.3 Å². The number of aromatic nitrogens is 3. The third kappa shape index (κ3) is 4.09. The molecule has 8 nitrogen and oxygen atoms in total. The summed E-state index contributed by atoms with van der Waals surface area (Å²) in [6.07, 6.45) is 5.73. The first-order valence-electron chi connectivity index (χ1n) is 7.98. The van der Waals surface area contributed by atoms with E-state index in [2.05, 4.69) is 21.6 Å². The molecule has 1 aliphatic carbocycles. The molecule has 1 amide bonds. The summed E-state index contributed by atoms with van der Waals surface area (Å²) in [7, 11) is 3.60. The van der Waals surface area contributed by atoms with E-state index in [1.165, 1.54) is 16.6 Å². The van der Waals surface area contributed by atoms with Crippen LogP contribution in [0.1, 0.15) is 29.7 Å². The maximum absolute atomic E-state index is 12.1. The molecule has 0 atom stereocenters. The number of carbonyl (C=O) groups excluding carboxylic acids is 1. The quantitative estimate of drug-likeness (QED) is 0.629. The van der Waals surface area contributed by atoms with Crippen LogP contribution >= 0.6 is 11.8 Å². The number of hydrogen-bond acceptors (Lipinski definition) is 7. The Morgan fingerprint density at radius 2 is 2.28 bits per heavy atom. The third-order valence-corrected chi connectivity index (χ3v) is 4.85. The Balaban J connectivity index is 1.64. The fourth-order valence-electron chi connectivity index (χ4n) is 2.59. The SMILES string of the molecule is CN(C)[n+]1cc(NC(=O)CSc2nc3c(cc2C#N)CCCC3)on1. The summed E-state index contributed by atoms with van der Waals surface area (Å²) in [5.41, 5.74) is 2.74. The van der Waals surface area contributed by atoms with E-state index in [0.29, 0.717) is 10.6 Å². The molecule has 2 heterocycles. The smallest absolute Gasteiger partial charge is 0.288 e. The summed E-state index contributed by atoms with van der Waals surface area (Å²) in [6.45, 7) is 0. The number of aryl methyl sites for hydroxylation is 2. The van der Waals surface area contributed by atoms with E-state index in [4.69, 9.17) is 4.52 Å². The summed E-state index contributed by atoms with van der Waals surface area (Å²) in [5.74, 6) is 0.164. The van der Waals surface area contributed by atoms with E-state index in [0.717, 1.165) is 36.9 Å². The monoisotopic (exact) mass is 359 g/mol. The zero-order chi connectivity index (χ0) is 17.8. The van der Waals surface area contributed by atoms with Crippen LogP contribution in [0.4, 0.5) is 5.88 Å². The molecule has 1 aliphatic rings. The van der Waals surface area contributed by atoms with Crippen LogP contribution in [0.2, 0.25) is 0 Å². The summed E-state index contributed by atoms with van der Waals surface area (Å²) < 4.78 is 5.03. The van der Waals surface area contributed by atoms with Crippen molar-refractivity contribution in [3.05, 3.63) is 29.1 Å². The van der Waals surface area contributed by atoms with Crippen molar-refractivity contribution < 1.29 is 14.1 Å². The molecule has 130 valence electrons. The summed E-state index contributed by atoms with van der Waals surface area (Å²) in [4.78, 5) is 18.2. The summed E-state index contributed by atoms with van der Waals surface area (Å²) >= 11 is 1.26. The van der Waals surface area contributed by atoms with Gasteiger partial charge in [-0.3, -0.25) is 14.6 Å². The van der Waals surface area contributed by atoms with Gasteiger partial charge in [0, 0.05) is 5.69 Å². The lowest BCUT2D eigenvalue weighted by Gasteiger charge is -2.16. The number of hydrogen-bond donors (Lipinski definition) is 1. The number of nitrogens with zero attached hydrogens (tertiary/aromatic N) is 5. The second kappa shape index (κ2) is 7.53. The number of fused-ring (bicyclic) bond motifs is 1. The van der Waals surface area contributed by atoms with Gasteiger partial charge in [-0.25, -0.2) is 4.98 Å². The maximum atomic E-state index is 12.1. The molecule has 0 saturated carbocycles. The Bertz CT molecular complexity index is 827. The molecule has 0 aliphatic heterocycles. The Hall–Kier alpha value is -2.60. The minimum Gasteiger partial charge on any atom is -0.288 e. The minimum atomic E-state index is -0.240. The Kier molecular flexibility index (Phi) is 5.19. The second-order valence-corrected chi connectivity index (χ2v) is 6.90. The number of nitrogens with one attached hydrogen (secondary N) is 1. The number of anilines is 1. The zero-order valence-electron chi connectivity index (χ0n) is 14.2. The van der Waals surface area contributed by atoms with Crippen molar-refractivity contribution in [2.45, 2.75) is 30.7 Å². The second-order valence-electron chi connectivity index (χ2n) is 5.94. The highest BCUT2D eigenvalue weighted by molar-refractivity contribution is 8.00. The van der Waals surface area contributed by atoms with Gasteiger partial charge in [0.05, 0.1) is 30.2 Å². The lowest BCUT2D eigenvalue weighted by Crippen LogP contribution is -2.53. The van der Waals surface area contributed by atoms with E-state index in [1.807, 2.05) is 6.07 Å². The predicted molar refractivity (Wildman–Crippen MR) is 91.7 cm³/mol. The largest absolute Gasteiger partial charge is 0.305 e. The van der Waals surface area contributed by atoms with Gasteiger partial charge in [0.2, 0.25) is 11.2 Å². The van der Waals surface area contributed by atoms with Gasteiger partial charge in [-0.1, -0.05) is 11.8 Å². The first-order chi connectivity index (χ1) is 12.1. The molecule has 25 heavy (non-hydrogen) atoms. The lowest BCUT2D eigenvalue weighted by atomic mass is 9.95. The van der Waals surface area contributed by atoms with Crippen LogP contribution in [0.3, 0.4) is 0 Å². The Labute approximate surface area is 149 Å². The van der Waals surface area contributed by atoms with Gasteiger partial charge in [-0.2, -0.15) is 10.3 Å². The number of nitriles is 1. The first-order valence-corrected chi connectivity index (χ1v) is 8.97. The van der Waals surface area contributed by atoms with Gasteiger partial charge in [0.15, 0.2) is 0 Å². The fraction of sp³-hybridized carbons (Fsp3) is 0.438. The lowest BCUT2D eigenvalue weighted by molar-refractivity contribution is -0.753. The number of carbonyl (C=O) groups is 1. The predicted octanol–water partition coefficient (Wildman–Crippen LogP) is 1.04.